The summed E-state index contributed by atoms with van der Waals surface area (Å²) in [4.78, 5) is 30.8. The molecule has 1 amide bonds. The van der Waals surface area contributed by atoms with Crippen LogP contribution < -0.4 is 10.7 Å². The van der Waals surface area contributed by atoms with Gasteiger partial charge in [0.1, 0.15) is 16.4 Å². The van der Waals surface area contributed by atoms with Crippen LogP contribution in [0.4, 0.5) is 5.95 Å². The van der Waals surface area contributed by atoms with E-state index >= 15 is 0 Å². The first-order valence-corrected chi connectivity index (χ1v) is 5.75. The summed E-state index contributed by atoms with van der Waals surface area (Å²) in [6.07, 6.45) is 1.25. The van der Waals surface area contributed by atoms with E-state index in [1.165, 1.54) is 18.3 Å². The van der Waals surface area contributed by atoms with Crippen molar-refractivity contribution >= 4 is 34.5 Å². The maximum Gasteiger partial charge on any atom is 0.270 e. The summed E-state index contributed by atoms with van der Waals surface area (Å²) in [5.74, 6) is -0.673. The molecular formula is C10H6ClN7O2. The molecule has 9 nitrogen and oxygen atoms in total. The van der Waals surface area contributed by atoms with Crippen molar-refractivity contribution in [3.05, 3.63) is 39.3 Å². The number of pyridine rings is 2. The van der Waals surface area contributed by atoms with E-state index in [1.807, 2.05) is 0 Å². The largest absolute Gasteiger partial charge is 0.345 e. The van der Waals surface area contributed by atoms with Gasteiger partial charge >= 0.3 is 0 Å². The van der Waals surface area contributed by atoms with Crippen LogP contribution in [0.2, 0.25) is 5.15 Å². The third-order valence-electron chi connectivity index (χ3n) is 2.52. The van der Waals surface area contributed by atoms with Crippen LogP contribution in [0.25, 0.3) is 11.0 Å². The molecular weight excluding hydrogens is 286 g/mol. The van der Waals surface area contributed by atoms with E-state index in [2.05, 4.69) is 35.9 Å². The molecule has 0 aliphatic carbocycles. The quantitative estimate of drug-likeness (QED) is 0.584. The van der Waals surface area contributed by atoms with Gasteiger partial charge in [-0.2, -0.15) is 5.21 Å². The van der Waals surface area contributed by atoms with Crippen molar-refractivity contribution in [1.82, 2.24) is 30.6 Å². The number of amides is 1. The number of rotatable bonds is 2. The molecule has 0 saturated carbocycles. The highest BCUT2D eigenvalue weighted by Gasteiger charge is 2.15. The van der Waals surface area contributed by atoms with Crippen molar-refractivity contribution in [2.45, 2.75) is 0 Å². The van der Waals surface area contributed by atoms with Crippen molar-refractivity contribution in [3.8, 4) is 0 Å². The first-order chi connectivity index (χ1) is 9.65. The molecule has 0 unspecified atom stereocenters. The predicted octanol–water partition coefficient (Wildman–Crippen LogP) is 0.342. The fourth-order valence-corrected chi connectivity index (χ4v) is 1.78. The van der Waals surface area contributed by atoms with Crippen LogP contribution in [0.3, 0.4) is 0 Å². The van der Waals surface area contributed by atoms with Crippen LogP contribution in [0.5, 0.6) is 0 Å². The molecule has 3 aromatic rings. The third kappa shape index (κ3) is 2.10. The molecule has 0 aliphatic rings. The Morgan fingerprint density at radius 3 is 2.95 bits per heavy atom. The first-order valence-electron chi connectivity index (χ1n) is 5.38. The molecule has 3 rings (SSSR count). The van der Waals surface area contributed by atoms with E-state index in [0.717, 1.165) is 0 Å². The number of tetrazole rings is 1. The predicted molar refractivity (Wildman–Crippen MR) is 69.5 cm³/mol. The van der Waals surface area contributed by atoms with E-state index in [9.17, 15) is 9.59 Å². The highest BCUT2D eigenvalue weighted by atomic mass is 35.5. The number of fused-ring (bicyclic) bond motifs is 1. The Balaban J connectivity index is 2.04. The normalized spacial score (nSPS) is 10.7. The molecule has 20 heavy (non-hydrogen) atoms. The number of anilines is 1. The second-order valence-corrected chi connectivity index (χ2v) is 4.14. The number of carbonyl (C=O) groups is 1. The molecule has 0 aromatic carbocycles. The average molecular weight is 292 g/mol. The summed E-state index contributed by atoms with van der Waals surface area (Å²) < 4.78 is 0. The molecule has 0 fully saturated rings. The lowest BCUT2D eigenvalue weighted by atomic mass is 10.2. The van der Waals surface area contributed by atoms with Gasteiger partial charge in [0, 0.05) is 6.20 Å². The lowest BCUT2D eigenvalue weighted by Gasteiger charge is -2.02. The van der Waals surface area contributed by atoms with Crippen LogP contribution in [0.1, 0.15) is 10.4 Å². The number of nitrogens with zero attached hydrogens (tertiary/aromatic N) is 4. The molecule has 0 radical (unpaired) electrons. The summed E-state index contributed by atoms with van der Waals surface area (Å²) in [6, 6.07) is 2.97. The topological polar surface area (TPSA) is 129 Å². The molecule has 3 heterocycles. The molecule has 100 valence electrons. The van der Waals surface area contributed by atoms with Crippen molar-refractivity contribution in [2.75, 3.05) is 5.32 Å². The van der Waals surface area contributed by atoms with Crippen LogP contribution in [-0.2, 0) is 0 Å². The maximum atomic E-state index is 12.2. The van der Waals surface area contributed by atoms with Crippen molar-refractivity contribution in [1.29, 1.82) is 0 Å². The Kier molecular flexibility index (Phi) is 2.88. The van der Waals surface area contributed by atoms with Gasteiger partial charge in [0.15, 0.2) is 0 Å². The lowest BCUT2D eigenvalue weighted by Crippen LogP contribution is -2.22. The number of halogens is 1. The van der Waals surface area contributed by atoms with Gasteiger partial charge < -0.3 is 4.98 Å². The summed E-state index contributed by atoms with van der Waals surface area (Å²) in [7, 11) is 0. The minimum Gasteiger partial charge on any atom is -0.345 e. The summed E-state index contributed by atoms with van der Waals surface area (Å²) in [5.41, 5.74) is -0.256. The zero-order chi connectivity index (χ0) is 14.1. The highest BCUT2D eigenvalue weighted by molar-refractivity contribution is 6.29. The van der Waals surface area contributed by atoms with Crippen LogP contribution in [0.15, 0.2) is 23.1 Å². The van der Waals surface area contributed by atoms with E-state index in [4.69, 9.17) is 11.6 Å². The summed E-state index contributed by atoms with van der Waals surface area (Å²) >= 11 is 5.73. The zero-order valence-electron chi connectivity index (χ0n) is 9.72. The number of aromatic nitrogens is 6. The Hall–Kier alpha value is -2.81. The van der Waals surface area contributed by atoms with Gasteiger partial charge in [-0.05, 0) is 17.3 Å². The van der Waals surface area contributed by atoms with E-state index in [-0.39, 0.29) is 22.1 Å². The van der Waals surface area contributed by atoms with Crippen LogP contribution in [-0.4, -0.2) is 36.5 Å². The average Bonchev–Trinajstić information content (AvgIpc) is 2.91. The van der Waals surface area contributed by atoms with Gasteiger partial charge in [0.05, 0.1) is 5.39 Å². The molecule has 3 aromatic heterocycles. The lowest BCUT2D eigenvalue weighted by molar-refractivity contribution is 0.102. The first kappa shape index (κ1) is 12.2. The number of H-pyrrole nitrogens is 2. The molecule has 10 heteroatoms. The Bertz CT molecular complexity index is 842. The van der Waals surface area contributed by atoms with E-state index in [0.29, 0.717) is 5.65 Å². The van der Waals surface area contributed by atoms with Gasteiger partial charge in [-0.15, -0.1) is 5.10 Å². The second-order valence-electron chi connectivity index (χ2n) is 3.75. The monoisotopic (exact) mass is 291 g/mol. The molecule has 0 atom stereocenters. The fraction of sp³-hybridized carbons (Fsp3) is 0. The van der Waals surface area contributed by atoms with Gasteiger partial charge in [0.25, 0.3) is 11.9 Å². The standard InChI is InChI=1S/C10H6ClN7O2/c11-6-2-1-4-7(19)5(3-12-8(4)13-6)9(20)14-10-15-17-18-16-10/h1-3H,(H,12,13,19)(H2,14,15,16,17,18,20). The zero-order valence-corrected chi connectivity index (χ0v) is 10.5. The van der Waals surface area contributed by atoms with Gasteiger partial charge in [-0.25, -0.2) is 4.98 Å². The third-order valence-corrected chi connectivity index (χ3v) is 2.73. The molecule has 0 spiro atoms. The van der Waals surface area contributed by atoms with Crippen LogP contribution in [0, 0.1) is 0 Å². The number of hydrogen-bond acceptors (Lipinski definition) is 6. The molecule has 3 N–H and O–H groups in total. The Labute approximate surface area is 115 Å². The fourth-order valence-electron chi connectivity index (χ4n) is 1.63. The van der Waals surface area contributed by atoms with Gasteiger partial charge in [-0.3, -0.25) is 14.9 Å². The molecule has 0 bridgehead atoms. The molecule has 0 saturated heterocycles. The highest BCUT2D eigenvalue weighted by Crippen LogP contribution is 2.11. The number of nitrogens with one attached hydrogen (secondary N) is 3. The Morgan fingerprint density at radius 1 is 1.35 bits per heavy atom. The van der Waals surface area contributed by atoms with E-state index < -0.39 is 11.3 Å². The Morgan fingerprint density at radius 2 is 2.20 bits per heavy atom. The minimum atomic E-state index is -0.649. The van der Waals surface area contributed by atoms with Crippen LogP contribution >= 0.6 is 11.6 Å². The summed E-state index contributed by atoms with van der Waals surface area (Å²) in [6.45, 7) is 0. The van der Waals surface area contributed by atoms with Crippen molar-refractivity contribution in [2.24, 2.45) is 0 Å². The van der Waals surface area contributed by atoms with E-state index in [1.54, 1.807) is 0 Å². The SMILES string of the molecule is O=C(Nc1nn[nH]n1)c1c[nH]c2nc(Cl)ccc2c1=O. The number of hydrogen-bond donors (Lipinski definition) is 3. The van der Waals surface area contributed by atoms with Gasteiger partial charge in [-0.1, -0.05) is 16.7 Å². The van der Waals surface area contributed by atoms with Crippen molar-refractivity contribution in [3.63, 3.8) is 0 Å². The summed E-state index contributed by atoms with van der Waals surface area (Å²) in [5, 5.41) is 15.4. The number of aromatic amines is 2. The van der Waals surface area contributed by atoms with Crippen molar-refractivity contribution < 1.29 is 4.79 Å². The maximum absolute atomic E-state index is 12.2. The van der Waals surface area contributed by atoms with Gasteiger partial charge in [0.2, 0.25) is 5.43 Å². The number of carbonyl (C=O) groups excluding carboxylic acids is 1. The molecule has 0 aliphatic heterocycles. The smallest absolute Gasteiger partial charge is 0.270 e. The second kappa shape index (κ2) is 4.70. The minimum absolute atomic E-state index is 0.0243.